The average molecular weight is 232 g/mol. The maximum Gasteiger partial charge on any atom is 0.182 e. The first-order valence-electron chi connectivity index (χ1n) is 5.52. The first-order valence-corrected chi connectivity index (χ1v) is 6.40. The van der Waals surface area contributed by atoms with Gasteiger partial charge in [0.05, 0.1) is 0 Å². The summed E-state index contributed by atoms with van der Waals surface area (Å²) in [6.07, 6.45) is 4.59. The van der Waals surface area contributed by atoms with E-state index in [4.69, 9.17) is 0 Å². The van der Waals surface area contributed by atoms with Crippen LogP contribution in [0.4, 0.5) is 5.13 Å². The minimum absolute atomic E-state index is 0.909. The number of nitrogens with one attached hydrogen (secondary N) is 1. The van der Waals surface area contributed by atoms with E-state index in [2.05, 4.69) is 40.6 Å². The van der Waals surface area contributed by atoms with E-state index in [0.717, 1.165) is 11.0 Å². The van der Waals surface area contributed by atoms with Gasteiger partial charge in [0.25, 0.3) is 0 Å². The molecule has 1 aromatic carbocycles. The Morgan fingerprint density at radius 2 is 2.00 bits per heavy atom. The van der Waals surface area contributed by atoms with Gasteiger partial charge in [-0.1, -0.05) is 30.3 Å². The van der Waals surface area contributed by atoms with Crippen LogP contribution in [0.1, 0.15) is 24.3 Å². The smallest absolute Gasteiger partial charge is 0.182 e. The number of benzene rings is 1. The van der Waals surface area contributed by atoms with E-state index in [1.807, 2.05) is 12.4 Å². The first-order chi connectivity index (χ1) is 7.90. The summed E-state index contributed by atoms with van der Waals surface area (Å²) < 4.78 is 0. The van der Waals surface area contributed by atoms with E-state index in [1.54, 1.807) is 17.5 Å². The Kier molecular flexibility index (Phi) is 3.94. The molecule has 0 saturated heterocycles. The molecule has 0 aliphatic heterocycles. The summed E-state index contributed by atoms with van der Waals surface area (Å²) in [5.41, 5.74) is 1.53. The van der Waals surface area contributed by atoms with Crippen LogP contribution in [-0.2, 0) is 0 Å². The van der Waals surface area contributed by atoms with E-state index >= 15 is 0 Å². The van der Waals surface area contributed by atoms with Crippen molar-refractivity contribution in [2.45, 2.75) is 18.8 Å². The molecule has 1 aromatic heterocycles. The van der Waals surface area contributed by atoms with Crippen LogP contribution in [0.25, 0.3) is 0 Å². The van der Waals surface area contributed by atoms with Gasteiger partial charge >= 0.3 is 0 Å². The summed E-state index contributed by atoms with van der Waals surface area (Å²) in [5.74, 6) is 0.909. The number of hydrogen-bond donors (Lipinski definition) is 1. The molecule has 3 heteroatoms. The van der Waals surface area contributed by atoms with Gasteiger partial charge in [0.1, 0.15) is 0 Å². The molecule has 2 aromatic rings. The normalized spacial score (nSPS) is 13.8. The zero-order valence-electron chi connectivity index (χ0n) is 9.39. The third-order valence-corrected chi connectivity index (χ3v) is 3.29. The molecule has 1 saturated carbocycles. The molecule has 0 amide bonds. The lowest BCUT2D eigenvalue weighted by atomic mass is 10.1. The second kappa shape index (κ2) is 5.66. The van der Waals surface area contributed by atoms with E-state index < -0.39 is 0 Å². The molecule has 1 heterocycles. The highest BCUT2D eigenvalue weighted by Crippen LogP contribution is 2.39. The Balaban J connectivity index is 0.000000125. The quantitative estimate of drug-likeness (QED) is 0.853. The van der Waals surface area contributed by atoms with Crippen molar-refractivity contribution in [3.8, 4) is 0 Å². The Morgan fingerprint density at radius 3 is 2.44 bits per heavy atom. The van der Waals surface area contributed by atoms with Gasteiger partial charge in [0.15, 0.2) is 5.13 Å². The van der Waals surface area contributed by atoms with Gasteiger partial charge in [0.2, 0.25) is 0 Å². The maximum absolute atomic E-state index is 3.94. The van der Waals surface area contributed by atoms with Crippen molar-refractivity contribution in [1.29, 1.82) is 0 Å². The van der Waals surface area contributed by atoms with Crippen molar-refractivity contribution in [1.82, 2.24) is 4.98 Å². The Morgan fingerprint density at radius 1 is 1.25 bits per heavy atom. The highest BCUT2D eigenvalue weighted by atomic mass is 32.1. The predicted molar refractivity (Wildman–Crippen MR) is 70.1 cm³/mol. The predicted octanol–water partition coefficient (Wildman–Crippen LogP) is 3.75. The number of hydrogen-bond acceptors (Lipinski definition) is 3. The third kappa shape index (κ3) is 3.35. The fourth-order valence-electron chi connectivity index (χ4n) is 1.49. The van der Waals surface area contributed by atoms with Crippen LogP contribution < -0.4 is 5.32 Å². The van der Waals surface area contributed by atoms with Gasteiger partial charge in [-0.2, -0.15) is 0 Å². The maximum atomic E-state index is 3.94. The minimum atomic E-state index is 0.909. The Hall–Kier alpha value is -1.35. The van der Waals surface area contributed by atoms with Crippen LogP contribution in [0, 0.1) is 0 Å². The van der Waals surface area contributed by atoms with Gasteiger partial charge < -0.3 is 5.32 Å². The van der Waals surface area contributed by atoms with Crippen molar-refractivity contribution in [2.75, 3.05) is 12.4 Å². The average Bonchev–Trinajstić information content (AvgIpc) is 3.07. The highest BCUT2D eigenvalue weighted by molar-refractivity contribution is 7.13. The Bertz CT molecular complexity index is 393. The van der Waals surface area contributed by atoms with Crippen LogP contribution in [0.2, 0.25) is 0 Å². The van der Waals surface area contributed by atoms with Gasteiger partial charge in [-0.05, 0) is 24.3 Å². The lowest BCUT2D eigenvalue weighted by Crippen LogP contribution is -1.83. The highest BCUT2D eigenvalue weighted by Gasteiger charge is 2.22. The van der Waals surface area contributed by atoms with Crippen molar-refractivity contribution in [2.24, 2.45) is 0 Å². The largest absolute Gasteiger partial charge is 0.365 e. The minimum Gasteiger partial charge on any atom is -0.365 e. The molecule has 0 unspecified atom stereocenters. The molecule has 1 N–H and O–H groups in total. The molecule has 2 nitrogen and oxygen atoms in total. The summed E-state index contributed by atoms with van der Waals surface area (Å²) in [4.78, 5) is 3.94. The van der Waals surface area contributed by atoms with Crippen LogP contribution in [0.3, 0.4) is 0 Å². The topological polar surface area (TPSA) is 24.9 Å². The molecule has 0 radical (unpaired) electrons. The van der Waals surface area contributed by atoms with Crippen molar-refractivity contribution >= 4 is 16.5 Å². The second-order valence-corrected chi connectivity index (χ2v) is 4.67. The zero-order valence-corrected chi connectivity index (χ0v) is 10.2. The van der Waals surface area contributed by atoms with Crippen LogP contribution >= 0.6 is 11.3 Å². The number of aromatic nitrogens is 1. The second-order valence-electron chi connectivity index (χ2n) is 3.77. The summed E-state index contributed by atoms with van der Waals surface area (Å²) in [5, 5.41) is 5.82. The molecular formula is C13H16N2S. The van der Waals surface area contributed by atoms with E-state index in [9.17, 15) is 0 Å². The molecule has 16 heavy (non-hydrogen) atoms. The summed E-state index contributed by atoms with van der Waals surface area (Å²) in [6, 6.07) is 10.8. The van der Waals surface area contributed by atoms with Crippen molar-refractivity contribution in [3.63, 3.8) is 0 Å². The summed E-state index contributed by atoms with van der Waals surface area (Å²) in [6.45, 7) is 0. The number of rotatable bonds is 2. The molecule has 1 aliphatic carbocycles. The molecule has 0 bridgehead atoms. The number of nitrogens with zero attached hydrogens (tertiary/aromatic N) is 1. The van der Waals surface area contributed by atoms with E-state index in [1.165, 1.54) is 18.4 Å². The molecule has 0 spiro atoms. The summed E-state index contributed by atoms with van der Waals surface area (Å²) >= 11 is 1.60. The van der Waals surface area contributed by atoms with Gasteiger partial charge in [-0.3, -0.25) is 0 Å². The van der Waals surface area contributed by atoms with Crippen molar-refractivity contribution < 1.29 is 0 Å². The summed E-state index contributed by atoms with van der Waals surface area (Å²) in [7, 11) is 1.86. The van der Waals surface area contributed by atoms with Crippen LogP contribution in [-0.4, -0.2) is 12.0 Å². The lowest BCUT2D eigenvalue weighted by Gasteiger charge is -1.92. The molecular weight excluding hydrogens is 216 g/mol. The zero-order chi connectivity index (χ0) is 11.2. The number of thiazole rings is 1. The monoisotopic (exact) mass is 232 g/mol. The first kappa shape index (κ1) is 11.1. The van der Waals surface area contributed by atoms with Gasteiger partial charge in [-0.25, -0.2) is 4.98 Å². The van der Waals surface area contributed by atoms with E-state index in [0.29, 0.717) is 0 Å². The Labute approximate surface area is 100 Å². The van der Waals surface area contributed by atoms with Crippen LogP contribution in [0.5, 0.6) is 0 Å². The lowest BCUT2D eigenvalue weighted by molar-refractivity contribution is 1.13. The van der Waals surface area contributed by atoms with E-state index in [-0.39, 0.29) is 0 Å². The standard InChI is InChI=1S/C9H10.C4H6N2S/c1-2-4-8(5-3-1)9-6-7-9;1-5-4-6-2-3-7-4/h1-5,9H,6-7H2;2-3H,1H3,(H,5,6). The van der Waals surface area contributed by atoms with Crippen molar-refractivity contribution in [3.05, 3.63) is 47.5 Å². The van der Waals surface area contributed by atoms with Crippen LogP contribution in [0.15, 0.2) is 41.9 Å². The fourth-order valence-corrected chi connectivity index (χ4v) is 1.98. The fraction of sp³-hybridized carbons (Fsp3) is 0.308. The number of anilines is 1. The molecule has 1 aliphatic rings. The molecule has 3 rings (SSSR count). The third-order valence-electron chi connectivity index (χ3n) is 2.49. The van der Waals surface area contributed by atoms with Gasteiger partial charge in [0, 0.05) is 18.6 Å². The molecule has 84 valence electrons. The van der Waals surface area contributed by atoms with Gasteiger partial charge in [-0.15, -0.1) is 11.3 Å². The SMILES string of the molecule is CNc1nccs1.c1ccc(C2CC2)cc1. The molecule has 0 atom stereocenters. The molecule has 1 fully saturated rings.